The molecular weight excluding hydrogens is 318 g/mol. The molecule has 0 aliphatic rings. The van der Waals surface area contributed by atoms with Gasteiger partial charge in [-0.05, 0) is 41.0 Å². The molecule has 0 aliphatic heterocycles. The molecule has 0 aromatic carbocycles. The van der Waals surface area contributed by atoms with E-state index in [4.69, 9.17) is 0 Å². The highest BCUT2D eigenvalue weighted by molar-refractivity contribution is 9.10. The van der Waals surface area contributed by atoms with Crippen molar-refractivity contribution in [2.24, 2.45) is 5.92 Å². The van der Waals surface area contributed by atoms with Crippen molar-refractivity contribution in [2.45, 2.75) is 27.7 Å². The predicted molar refractivity (Wildman–Crippen MR) is 87.0 cm³/mol. The fourth-order valence-electron chi connectivity index (χ4n) is 2.18. The van der Waals surface area contributed by atoms with Gasteiger partial charge in [-0.25, -0.2) is 0 Å². The lowest BCUT2D eigenvalue weighted by Crippen LogP contribution is -2.40. The third-order valence-corrected chi connectivity index (χ3v) is 3.79. The van der Waals surface area contributed by atoms with Crippen molar-refractivity contribution < 1.29 is 4.79 Å². The van der Waals surface area contributed by atoms with Crippen LogP contribution in [-0.2, 0) is 0 Å². The second-order valence-corrected chi connectivity index (χ2v) is 6.32. The Balaban J connectivity index is 2.70. The monoisotopic (exact) mass is 343 g/mol. The van der Waals surface area contributed by atoms with Crippen molar-refractivity contribution in [3.8, 4) is 0 Å². The maximum atomic E-state index is 12.5. The number of halogens is 1. The highest BCUT2D eigenvalue weighted by Crippen LogP contribution is 2.13. The van der Waals surface area contributed by atoms with Gasteiger partial charge >= 0.3 is 0 Å². The summed E-state index contributed by atoms with van der Waals surface area (Å²) in [6.07, 6.45) is 1.80. The normalized spacial score (nSPS) is 11.3. The van der Waals surface area contributed by atoms with Crippen molar-refractivity contribution >= 4 is 21.8 Å². The van der Waals surface area contributed by atoms with Gasteiger partial charge in [0.1, 0.15) is 5.69 Å². The maximum absolute atomic E-state index is 12.5. The number of hydrogen-bond acceptors (Lipinski definition) is 2. The molecule has 4 nitrogen and oxygen atoms in total. The summed E-state index contributed by atoms with van der Waals surface area (Å²) in [5.41, 5.74) is 0.650. The number of carbonyl (C=O) groups is 1. The Hall–Kier alpha value is -0.810. The summed E-state index contributed by atoms with van der Waals surface area (Å²) in [6, 6.07) is 1.84. The van der Waals surface area contributed by atoms with E-state index in [1.165, 1.54) is 0 Å². The first kappa shape index (κ1) is 17.2. The maximum Gasteiger partial charge on any atom is 0.270 e. The molecule has 1 amide bonds. The van der Waals surface area contributed by atoms with Crippen LogP contribution in [0.1, 0.15) is 38.2 Å². The minimum absolute atomic E-state index is 0.0801. The Morgan fingerprint density at radius 2 is 1.95 bits per heavy atom. The Morgan fingerprint density at radius 3 is 2.40 bits per heavy atom. The molecule has 0 aliphatic carbocycles. The first-order valence-electron chi connectivity index (χ1n) is 7.33. The van der Waals surface area contributed by atoms with Crippen LogP contribution < -0.4 is 0 Å². The van der Waals surface area contributed by atoms with E-state index in [2.05, 4.69) is 53.5 Å². The fourth-order valence-corrected chi connectivity index (χ4v) is 2.52. The largest absolute Gasteiger partial charge is 0.356 e. The molecule has 0 fully saturated rings. The van der Waals surface area contributed by atoms with E-state index >= 15 is 0 Å². The average molecular weight is 344 g/mol. The van der Waals surface area contributed by atoms with Crippen LogP contribution in [0, 0.1) is 5.92 Å². The van der Waals surface area contributed by atoms with Gasteiger partial charge in [0, 0.05) is 30.3 Å². The molecule has 114 valence electrons. The summed E-state index contributed by atoms with van der Waals surface area (Å²) >= 11 is 3.37. The minimum Gasteiger partial charge on any atom is -0.356 e. The average Bonchev–Trinajstić information content (AvgIpc) is 2.84. The Kier molecular flexibility index (Phi) is 7.30. The summed E-state index contributed by atoms with van der Waals surface area (Å²) in [6.45, 7) is 13.1. The number of likely N-dealkylation sites (N-methyl/N-ethyl adjacent to an activating group) is 1. The highest BCUT2D eigenvalue weighted by Gasteiger charge is 2.18. The molecule has 1 aromatic heterocycles. The number of carbonyl (C=O) groups excluding carboxylic acids is 1. The van der Waals surface area contributed by atoms with Gasteiger partial charge in [0.15, 0.2) is 0 Å². The molecule has 0 spiro atoms. The van der Waals surface area contributed by atoms with Crippen LogP contribution >= 0.6 is 15.9 Å². The molecule has 20 heavy (non-hydrogen) atoms. The molecule has 0 atom stereocenters. The van der Waals surface area contributed by atoms with Gasteiger partial charge < -0.3 is 14.8 Å². The van der Waals surface area contributed by atoms with Crippen molar-refractivity contribution in [2.75, 3.05) is 32.7 Å². The lowest BCUT2D eigenvalue weighted by molar-refractivity contribution is 0.0711. The molecule has 1 rings (SSSR count). The van der Waals surface area contributed by atoms with E-state index in [0.717, 1.165) is 37.2 Å². The number of H-pyrrole nitrogens is 1. The number of aromatic amines is 1. The number of hydrogen-bond donors (Lipinski definition) is 1. The molecule has 0 unspecified atom stereocenters. The van der Waals surface area contributed by atoms with E-state index in [9.17, 15) is 4.79 Å². The smallest absolute Gasteiger partial charge is 0.270 e. The van der Waals surface area contributed by atoms with Crippen molar-refractivity contribution in [1.82, 2.24) is 14.8 Å². The minimum atomic E-state index is 0.0801. The van der Waals surface area contributed by atoms with Crippen molar-refractivity contribution in [1.29, 1.82) is 0 Å². The van der Waals surface area contributed by atoms with Crippen LogP contribution in [0.15, 0.2) is 16.7 Å². The van der Waals surface area contributed by atoms with E-state index < -0.39 is 0 Å². The Labute approximate surface area is 130 Å². The molecule has 1 aromatic rings. The zero-order chi connectivity index (χ0) is 15.1. The summed E-state index contributed by atoms with van der Waals surface area (Å²) in [4.78, 5) is 19.8. The van der Waals surface area contributed by atoms with E-state index in [1.807, 2.05) is 11.0 Å². The zero-order valence-corrected chi connectivity index (χ0v) is 14.5. The summed E-state index contributed by atoms with van der Waals surface area (Å²) in [5.74, 6) is 0.547. The van der Waals surface area contributed by atoms with E-state index in [0.29, 0.717) is 11.6 Å². The zero-order valence-electron chi connectivity index (χ0n) is 12.9. The van der Waals surface area contributed by atoms with Crippen LogP contribution in [0.5, 0.6) is 0 Å². The Morgan fingerprint density at radius 1 is 1.30 bits per heavy atom. The number of amides is 1. The molecular formula is C15H26BrN3O. The first-order valence-corrected chi connectivity index (χ1v) is 8.12. The van der Waals surface area contributed by atoms with Crippen LogP contribution in [0.2, 0.25) is 0 Å². The standard InChI is InChI=1S/C15H26BrN3O/c1-5-18(6-2)7-8-19(11-12(3)4)15(20)14-9-13(16)10-17-14/h9-10,12,17H,5-8,11H2,1-4H3. The lowest BCUT2D eigenvalue weighted by Gasteiger charge is -2.27. The lowest BCUT2D eigenvalue weighted by atomic mass is 10.2. The van der Waals surface area contributed by atoms with Gasteiger partial charge in [-0.3, -0.25) is 4.79 Å². The fraction of sp³-hybridized carbons (Fsp3) is 0.667. The van der Waals surface area contributed by atoms with Crippen LogP contribution in [-0.4, -0.2) is 53.4 Å². The first-order chi connectivity index (χ1) is 9.47. The van der Waals surface area contributed by atoms with E-state index in [1.54, 1.807) is 6.20 Å². The highest BCUT2D eigenvalue weighted by atomic mass is 79.9. The SMILES string of the molecule is CCN(CC)CCN(CC(C)C)C(=O)c1cc(Br)c[nH]1. The van der Waals surface area contributed by atoms with E-state index in [-0.39, 0.29) is 5.91 Å². The second-order valence-electron chi connectivity index (χ2n) is 5.40. The van der Waals surface area contributed by atoms with Gasteiger partial charge in [-0.2, -0.15) is 0 Å². The van der Waals surface area contributed by atoms with Crippen LogP contribution in [0.25, 0.3) is 0 Å². The third-order valence-electron chi connectivity index (χ3n) is 3.33. The van der Waals surface area contributed by atoms with Crippen molar-refractivity contribution in [3.63, 3.8) is 0 Å². The van der Waals surface area contributed by atoms with Gasteiger partial charge in [0.2, 0.25) is 0 Å². The topological polar surface area (TPSA) is 39.3 Å². The summed E-state index contributed by atoms with van der Waals surface area (Å²) < 4.78 is 0.911. The number of nitrogens with zero attached hydrogens (tertiary/aromatic N) is 2. The number of rotatable bonds is 8. The van der Waals surface area contributed by atoms with Crippen LogP contribution in [0.3, 0.4) is 0 Å². The molecule has 1 heterocycles. The molecule has 0 bridgehead atoms. The predicted octanol–water partition coefficient (Wildman–Crippen LogP) is 3.22. The molecule has 0 saturated heterocycles. The third kappa shape index (κ3) is 5.29. The molecule has 5 heteroatoms. The summed E-state index contributed by atoms with van der Waals surface area (Å²) in [5, 5.41) is 0. The second kappa shape index (κ2) is 8.47. The number of aromatic nitrogens is 1. The van der Waals surface area contributed by atoms with Crippen molar-refractivity contribution in [3.05, 3.63) is 22.4 Å². The number of nitrogens with one attached hydrogen (secondary N) is 1. The molecule has 1 N–H and O–H groups in total. The quantitative estimate of drug-likeness (QED) is 0.787. The van der Waals surface area contributed by atoms with Crippen LogP contribution in [0.4, 0.5) is 0 Å². The Bertz CT molecular complexity index is 413. The summed E-state index contributed by atoms with van der Waals surface area (Å²) in [7, 11) is 0. The van der Waals surface area contributed by atoms with Gasteiger partial charge in [0.05, 0.1) is 0 Å². The molecule has 0 saturated carbocycles. The van der Waals surface area contributed by atoms with Gasteiger partial charge in [0.25, 0.3) is 5.91 Å². The van der Waals surface area contributed by atoms with Gasteiger partial charge in [-0.15, -0.1) is 0 Å². The molecule has 0 radical (unpaired) electrons. The van der Waals surface area contributed by atoms with Gasteiger partial charge in [-0.1, -0.05) is 27.7 Å².